The first-order valence-electron chi connectivity index (χ1n) is 7.11. The van der Waals surface area contributed by atoms with Crippen molar-refractivity contribution in [2.45, 2.75) is 19.4 Å². The van der Waals surface area contributed by atoms with Gasteiger partial charge in [-0.2, -0.15) is 0 Å². The fourth-order valence-corrected chi connectivity index (χ4v) is 2.56. The molecule has 0 saturated carbocycles. The number of carbonyl (C=O) groups excluding carboxylic acids is 1. The Morgan fingerprint density at radius 1 is 1.14 bits per heavy atom. The molecule has 3 N–H and O–H groups in total. The Morgan fingerprint density at radius 2 is 1.95 bits per heavy atom. The van der Waals surface area contributed by atoms with Gasteiger partial charge in [-0.15, -0.1) is 0 Å². The smallest absolute Gasteiger partial charge is 0.228 e. The average Bonchev–Trinajstić information content (AvgIpc) is 2.49. The molecule has 1 aliphatic heterocycles. The molecule has 0 atom stereocenters. The van der Waals surface area contributed by atoms with Gasteiger partial charge in [0.1, 0.15) is 5.75 Å². The van der Waals surface area contributed by atoms with E-state index in [1.54, 1.807) is 24.3 Å². The van der Waals surface area contributed by atoms with Crippen molar-refractivity contribution in [2.75, 3.05) is 11.9 Å². The van der Waals surface area contributed by atoms with E-state index in [0.717, 1.165) is 30.8 Å². The van der Waals surface area contributed by atoms with E-state index in [-0.39, 0.29) is 11.7 Å². The second-order valence-corrected chi connectivity index (χ2v) is 5.30. The van der Waals surface area contributed by atoms with Gasteiger partial charge >= 0.3 is 0 Å². The molecular formula is C17H18N2O2. The van der Waals surface area contributed by atoms with Crippen LogP contribution in [0.25, 0.3) is 0 Å². The zero-order chi connectivity index (χ0) is 14.7. The molecule has 3 rings (SSSR count). The third-order valence-electron chi connectivity index (χ3n) is 3.68. The van der Waals surface area contributed by atoms with Gasteiger partial charge in [0.25, 0.3) is 0 Å². The van der Waals surface area contributed by atoms with E-state index >= 15 is 0 Å². The second-order valence-electron chi connectivity index (χ2n) is 5.30. The summed E-state index contributed by atoms with van der Waals surface area (Å²) in [6.07, 6.45) is 1.34. The van der Waals surface area contributed by atoms with E-state index in [1.807, 2.05) is 12.1 Å². The number of anilines is 1. The quantitative estimate of drug-likeness (QED) is 0.809. The van der Waals surface area contributed by atoms with Crippen LogP contribution in [0.15, 0.2) is 42.5 Å². The summed E-state index contributed by atoms with van der Waals surface area (Å²) < 4.78 is 0. The van der Waals surface area contributed by atoms with Crippen LogP contribution in [0.4, 0.5) is 5.69 Å². The first-order valence-corrected chi connectivity index (χ1v) is 7.11. The molecule has 21 heavy (non-hydrogen) atoms. The van der Waals surface area contributed by atoms with Gasteiger partial charge in [-0.1, -0.05) is 18.2 Å². The summed E-state index contributed by atoms with van der Waals surface area (Å²) in [6.45, 7) is 1.87. The van der Waals surface area contributed by atoms with Crippen molar-refractivity contribution in [3.05, 3.63) is 59.2 Å². The molecule has 0 saturated heterocycles. The van der Waals surface area contributed by atoms with Crippen molar-refractivity contribution in [1.82, 2.24) is 5.32 Å². The highest BCUT2D eigenvalue weighted by Gasteiger charge is 2.10. The Kier molecular flexibility index (Phi) is 3.88. The molecule has 0 spiro atoms. The third-order valence-corrected chi connectivity index (χ3v) is 3.68. The van der Waals surface area contributed by atoms with Crippen LogP contribution < -0.4 is 10.6 Å². The van der Waals surface area contributed by atoms with E-state index in [1.165, 1.54) is 11.1 Å². The molecule has 0 aromatic heterocycles. The molecule has 1 aliphatic rings. The number of hydrogen-bond donors (Lipinski definition) is 3. The first kappa shape index (κ1) is 13.6. The van der Waals surface area contributed by atoms with Crippen LogP contribution >= 0.6 is 0 Å². The maximum absolute atomic E-state index is 12.0. The van der Waals surface area contributed by atoms with Crippen LogP contribution in [-0.4, -0.2) is 17.6 Å². The van der Waals surface area contributed by atoms with Crippen molar-refractivity contribution in [1.29, 1.82) is 0 Å². The highest BCUT2D eigenvalue weighted by molar-refractivity contribution is 5.92. The van der Waals surface area contributed by atoms with Crippen LogP contribution in [0.3, 0.4) is 0 Å². The fourth-order valence-electron chi connectivity index (χ4n) is 2.56. The molecule has 2 aromatic rings. The lowest BCUT2D eigenvalue weighted by Gasteiger charge is -2.18. The Bertz CT molecular complexity index is 650. The molecule has 4 heteroatoms. The molecular weight excluding hydrogens is 264 g/mol. The van der Waals surface area contributed by atoms with Gasteiger partial charge in [-0.25, -0.2) is 0 Å². The Hall–Kier alpha value is -2.33. The summed E-state index contributed by atoms with van der Waals surface area (Å²) >= 11 is 0. The molecule has 1 amide bonds. The minimum atomic E-state index is -0.0515. The lowest BCUT2D eigenvalue weighted by molar-refractivity contribution is -0.115. The average molecular weight is 282 g/mol. The number of phenolic OH excluding ortho intramolecular Hbond substituents is 1. The molecule has 1 heterocycles. The van der Waals surface area contributed by atoms with Crippen molar-refractivity contribution in [2.24, 2.45) is 0 Å². The number of benzene rings is 2. The molecule has 0 bridgehead atoms. The molecule has 0 aliphatic carbocycles. The summed E-state index contributed by atoms with van der Waals surface area (Å²) in [5.41, 5.74) is 4.32. The molecule has 2 aromatic carbocycles. The number of carbonyl (C=O) groups is 1. The zero-order valence-corrected chi connectivity index (χ0v) is 11.7. The van der Waals surface area contributed by atoms with Crippen molar-refractivity contribution < 1.29 is 9.90 Å². The van der Waals surface area contributed by atoms with Crippen molar-refractivity contribution in [3.8, 4) is 5.75 Å². The van der Waals surface area contributed by atoms with Gasteiger partial charge in [-0.05, 0) is 53.9 Å². The summed E-state index contributed by atoms with van der Waals surface area (Å²) in [6, 6.07) is 12.8. The predicted molar refractivity (Wildman–Crippen MR) is 82.3 cm³/mol. The van der Waals surface area contributed by atoms with Gasteiger partial charge in [0.2, 0.25) is 5.91 Å². The molecule has 0 fully saturated rings. The molecule has 4 nitrogen and oxygen atoms in total. The van der Waals surface area contributed by atoms with Crippen LogP contribution in [0.1, 0.15) is 16.7 Å². The summed E-state index contributed by atoms with van der Waals surface area (Å²) in [5, 5.41) is 15.5. The zero-order valence-electron chi connectivity index (χ0n) is 11.7. The maximum atomic E-state index is 12.0. The molecule has 0 radical (unpaired) electrons. The summed E-state index contributed by atoms with van der Waals surface area (Å²) in [4.78, 5) is 12.0. The summed E-state index contributed by atoms with van der Waals surface area (Å²) in [5.74, 6) is 0.158. The van der Waals surface area contributed by atoms with Gasteiger partial charge in [0.15, 0.2) is 0 Å². The van der Waals surface area contributed by atoms with Gasteiger partial charge in [0, 0.05) is 12.2 Å². The maximum Gasteiger partial charge on any atom is 0.228 e. The number of hydrogen-bond acceptors (Lipinski definition) is 3. The minimum Gasteiger partial charge on any atom is -0.508 e. The predicted octanol–water partition coefficient (Wildman–Crippen LogP) is 2.22. The number of nitrogens with one attached hydrogen (secondary N) is 2. The van der Waals surface area contributed by atoms with Crippen LogP contribution in [-0.2, 0) is 24.2 Å². The van der Waals surface area contributed by atoms with Crippen molar-refractivity contribution in [3.63, 3.8) is 0 Å². The number of aromatic hydroxyl groups is 1. The monoisotopic (exact) mass is 282 g/mol. The Balaban J connectivity index is 1.65. The summed E-state index contributed by atoms with van der Waals surface area (Å²) in [7, 11) is 0. The van der Waals surface area contributed by atoms with E-state index in [4.69, 9.17) is 0 Å². The lowest BCUT2D eigenvalue weighted by Crippen LogP contribution is -2.24. The van der Waals surface area contributed by atoms with Crippen LogP contribution in [0, 0.1) is 0 Å². The molecule has 0 unspecified atom stereocenters. The van der Waals surface area contributed by atoms with E-state index in [9.17, 15) is 9.90 Å². The van der Waals surface area contributed by atoms with Crippen LogP contribution in [0.5, 0.6) is 5.75 Å². The number of phenols is 1. The standard InChI is InChI=1S/C17H18N2O2/c20-16-5-1-12(2-6-16)9-17(21)19-15-4-3-13-7-8-18-11-14(13)10-15/h1-6,10,18,20H,7-9,11H2,(H,19,21). The van der Waals surface area contributed by atoms with Gasteiger partial charge in [-0.3, -0.25) is 4.79 Å². The largest absolute Gasteiger partial charge is 0.508 e. The number of amides is 1. The molecule has 108 valence electrons. The van der Waals surface area contributed by atoms with Gasteiger partial charge < -0.3 is 15.7 Å². The van der Waals surface area contributed by atoms with E-state index < -0.39 is 0 Å². The SMILES string of the molecule is O=C(Cc1ccc(O)cc1)Nc1ccc2c(c1)CNCC2. The Morgan fingerprint density at radius 3 is 2.76 bits per heavy atom. The fraction of sp³-hybridized carbons (Fsp3) is 0.235. The lowest BCUT2D eigenvalue weighted by atomic mass is 10.0. The number of rotatable bonds is 3. The highest BCUT2D eigenvalue weighted by Crippen LogP contribution is 2.19. The first-order chi connectivity index (χ1) is 10.2. The highest BCUT2D eigenvalue weighted by atomic mass is 16.3. The topological polar surface area (TPSA) is 61.4 Å². The number of fused-ring (bicyclic) bond motifs is 1. The third kappa shape index (κ3) is 3.41. The van der Waals surface area contributed by atoms with Crippen molar-refractivity contribution >= 4 is 11.6 Å². The van der Waals surface area contributed by atoms with Gasteiger partial charge in [0.05, 0.1) is 6.42 Å². The normalized spacial score (nSPS) is 13.5. The minimum absolute atomic E-state index is 0.0515. The van der Waals surface area contributed by atoms with Crippen LogP contribution in [0.2, 0.25) is 0 Å². The van der Waals surface area contributed by atoms with E-state index in [2.05, 4.69) is 16.7 Å². The second kappa shape index (κ2) is 5.97. The van der Waals surface area contributed by atoms with E-state index in [0.29, 0.717) is 6.42 Å². The Labute approximate surface area is 123 Å².